The summed E-state index contributed by atoms with van der Waals surface area (Å²) < 4.78 is 15.6. The van der Waals surface area contributed by atoms with Crippen molar-refractivity contribution >= 4 is 6.09 Å². The van der Waals surface area contributed by atoms with Gasteiger partial charge in [-0.25, -0.2) is 4.79 Å². The van der Waals surface area contributed by atoms with Crippen molar-refractivity contribution < 1.29 is 19.0 Å². The lowest BCUT2D eigenvalue weighted by Gasteiger charge is -2.38. The van der Waals surface area contributed by atoms with E-state index in [4.69, 9.17) is 14.2 Å². The summed E-state index contributed by atoms with van der Waals surface area (Å²) in [5.74, 6) is 1.59. The zero-order chi connectivity index (χ0) is 15.6. The molecule has 0 N–H and O–H groups in total. The first kappa shape index (κ1) is 15.3. The predicted molar refractivity (Wildman–Crippen MR) is 75.7 cm³/mol. The summed E-state index contributed by atoms with van der Waals surface area (Å²) in [6, 6.07) is 1.62. The topological polar surface area (TPSA) is 73.8 Å². The summed E-state index contributed by atoms with van der Waals surface area (Å²) in [5.41, 5.74) is -0.488. The molecular weight excluding hydrogens is 274 g/mol. The quantitative estimate of drug-likeness (QED) is 0.847. The van der Waals surface area contributed by atoms with Crippen LogP contribution in [-0.4, -0.2) is 53.9 Å². The fourth-order valence-electron chi connectivity index (χ4n) is 1.93. The molecular formula is C14H21N3O4. The minimum Gasteiger partial charge on any atom is -0.481 e. The Labute approximate surface area is 124 Å². The number of rotatable bonds is 3. The maximum atomic E-state index is 11.9. The molecule has 116 valence electrons. The lowest BCUT2D eigenvalue weighted by molar-refractivity contribution is 0.00746. The molecule has 0 aliphatic carbocycles. The van der Waals surface area contributed by atoms with Crippen LogP contribution in [0.4, 0.5) is 4.79 Å². The van der Waals surface area contributed by atoms with Gasteiger partial charge in [0.05, 0.1) is 26.2 Å². The van der Waals surface area contributed by atoms with Gasteiger partial charge in [-0.3, -0.25) is 0 Å². The lowest BCUT2D eigenvalue weighted by Crippen LogP contribution is -2.50. The summed E-state index contributed by atoms with van der Waals surface area (Å²) in [7, 11) is 3.08. The lowest BCUT2D eigenvalue weighted by atomic mass is 10.00. The molecule has 1 aromatic rings. The van der Waals surface area contributed by atoms with Crippen LogP contribution in [0.3, 0.4) is 0 Å². The monoisotopic (exact) mass is 295 g/mol. The third-order valence-corrected chi connectivity index (χ3v) is 3.01. The highest BCUT2D eigenvalue weighted by Gasteiger charge is 2.36. The Kier molecular flexibility index (Phi) is 4.20. The Morgan fingerprint density at radius 2 is 1.71 bits per heavy atom. The summed E-state index contributed by atoms with van der Waals surface area (Å²) in [6.45, 7) is 6.60. The van der Waals surface area contributed by atoms with Crippen LogP contribution in [0.15, 0.2) is 6.07 Å². The first-order chi connectivity index (χ1) is 9.82. The molecule has 1 amide bonds. The number of hydrogen-bond donors (Lipinski definition) is 0. The van der Waals surface area contributed by atoms with Crippen molar-refractivity contribution in [3.8, 4) is 11.8 Å². The highest BCUT2D eigenvalue weighted by atomic mass is 16.6. The van der Waals surface area contributed by atoms with Gasteiger partial charge in [-0.2, -0.15) is 9.97 Å². The first-order valence-electron chi connectivity index (χ1n) is 6.77. The highest BCUT2D eigenvalue weighted by molar-refractivity contribution is 5.69. The zero-order valence-corrected chi connectivity index (χ0v) is 13.0. The van der Waals surface area contributed by atoms with E-state index in [2.05, 4.69) is 9.97 Å². The van der Waals surface area contributed by atoms with Crippen LogP contribution in [0.5, 0.6) is 11.8 Å². The second-order valence-corrected chi connectivity index (χ2v) is 5.89. The van der Waals surface area contributed by atoms with Crippen LogP contribution in [-0.2, 0) is 4.74 Å². The molecule has 0 saturated carbocycles. The van der Waals surface area contributed by atoms with E-state index in [1.54, 1.807) is 25.2 Å². The molecule has 0 unspecified atom stereocenters. The van der Waals surface area contributed by atoms with Gasteiger partial charge in [-0.15, -0.1) is 0 Å². The molecule has 0 radical (unpaired) electrons. The first-order valence-corrected chi connectivity index (χ1v) is 6.77. The van der Waals surface area contributed by atoms with E-state index in [1.807, 2.05) is 20.8 Å². The summed E-state index contributed by atoms with van der Waals surface area (Å²) >= 11 is 0. The smallest absolute Gasteiger partial charge is 0.410 e. The number of amides is 1. The Balaban J connectivity index is 1.99. The predicted octanol–water partition coefficient (Wildman–Crippen LogP) is 1.83. The largest absolute Gasteiger partial charge is 0.481 e. The van der Waals surface area contributed by atoms with Crippen molar-refractivity contribution in [2.24, 2.45) is 0 Å². The Morgan fingerprint density at radius 1 is 1.19 bits per heavy atom. The maximum absolute atomic E-state index is 11.9. The molecule has 21 heavy (non-hydrogen) atoms. The number of carbonyl (C=O) groups is 1. The van der Waals surface area contributed by atoms with Crippen molar-refractivity contribution in [2.75, 3.05) is 27.3 Å². The van der Waals surface area contributed by atoms with E-state index in [0.717, 1.165) is 0 Å². The normalized spacial score (nSPS) is 15.4. The minimum atomic E-state index is -0.488. The minimum absolute atomic E-state index is 0.0709. The zero-order valence-electron chi connectivity index (χ0n) is 13.0. The van der Waals surface area contributed by atoms with Gasteiger partial charge in [0, 0.05) is 13.1 Å². The van der Waals surface area contributed by atoms with Gasteiger partial charge in [-0.1, -0.05) is 0 Å². The van der Waals surface area contributed by atoms with Crippen molar-refractivity contribution in [3.05, 3.63) is 11.9 Å². The standard InChI is InChI=1S/C14H21N3O4/c1-14(2,3)21-13(18)17-7-9(8-17)12-15-10(19-4)6-11(16-12)20-5/h6,9H,7-8H2,1-5H3. The fraction of sp³-hybridized carbons (Fsp3) is 0.643. The molecule has 0 bridgehead atoms. The van der Waals surface area contributed by atoms with Crippen molar-refractivity contribution in [1.82, 2.24) is 14.9 Å². The third-order valence-electron chi connectivity index (χ3n) is 3.01. The van der Waals surface area contributed by atoms with Crippen LogP contribution in [0.2, 0.25) is 0 Å². The fourth-order valence-corrected chi connectivity index (χ4v) is 1.93. The molecule has 7 nitrogen and oxygen atoms in total. The molecule has 0 atom stereocenters. The SMILES string of the molecule is COc1cc(OC)nc(C2CN(C(=O)OC(C)(C)C)C2)n1. The van der Waals surface area contributed by atoms with Crippen LogP contribution in [0.1, 0.15) is 32.5 Å². The number of hydrogen-bond acceptors (Lipinski definition) is 6. The van der Waals surface area contributed by atoms with Crippen LogP contribution in [0, 0.1) is 0 Å². The van der Waals surface area contributed by atoms with Gasteiger partial charge in [0.25, 0.3) is 0 Å². The second-order valence-electron chi connectivity index (χ2n) is 5.89. The van der Waals surface area contributed by atoms with Gasteiger partial charge in [0.15, 0.2) is 0 Å². The van der Waals surface area contributed by atoms with Crippen molar-refractivity contribution in [3.63, 3.8) is 0 Å². The summed E-state index contributed by atoms with van der Waals surface area (Å²) in [4.78, 5) is 22.1. The molecule has 7 heteroatoms. The van der Waals surface area contributed by atoms with E-state index in [9.17, 15) is 4.79 Å². The molecule has 1 aliphatic heterocycles. The van der Waals surface area contributed by atoms with Crippen molar-refractivity contribution in [2.45, 2.75) is 32.3 Å². The number of aromatic nitrogens is 2. The van der Waals surface area contributed by atoms with E-state index in [0.29, 0.717) is 30.7 Å². The molecule has 2 rings (SSSR count). The Bertz CT molecular complexity index is 499. The van der Waals surface area contributed by atoms with Gasteiger partial charge in [0.2, 0.25) is 11.8 Å². The average Bonchev–Trinajstić information content (AvgIpc) is 2.34. The Morgan fingerprint density at radius 3 is 2.14 bits per heavy atom. The average molecular weight is 295 g/mol. The molecule has 1 saturated heterocycles. The van der Waals surface area contributed by atoms with E-state index in [-0.39, 0.29) is 12.0 Å². The molecule has 0 spiro atoms. The third kappa shape index (κ3) is 3.74. The van der Waals surface area contributed by atoms with Crippen LogP contribution in [0.25, 0.3) is 0 Å². The molecule has 2 heterocycles. The highest BCUT2D eigenvalue weighted by Crippen LogP contribution is 2.28. The van der Waals surface area contributed by atoms with Gasteiger partial charge in [-0.05, 0) is 20.8 Å². The maximum Gasteiger partial charge on any atom is 0.410 e. The van der Waals surface area contributed by atoms with Crippen LogP contribution < -0.4 is 9.47 Å². The number of nitrogens with zero attached hydrogens (tertiary/aromatic N) is 3. The van der Waals surface area contributed by atoms with Gasteiger partial charge >= 0.3 is 6.09 Å². The van der Waals surface area contributed by atoms with Gasteiger partial charge < -0.3 is 19.1 Å². The summed E-state index contributed by atoms with van der Waals surface area (Å²) in [5, 5.41) is 0. The second kappa shape index (κ2) is 5.75. The molecule has 1 fully saturated rings. The molecule has 1 aliphatic rings. The number of carbonyl (C=O) groups excluding carboxylic acids is 1. The number of likely N-dealkylation sites (tertiary alicyclic amines) is 1. The van der Waals surface area contributed by atoms with Crippen molar-refractivity contribution in [1.29, 1.82) is 0 Å². The number of methoxy groups -OCH3 is 2. The Hall–Kier alpha value is -2.05. The van der Waals surface area contributed by atoms with Crippen LogP contribution >= 0.6 is 0 Å². The van der Waals surface area contributed by atoms with E-state index in [1.165, 1.54) is 0 Å². The van der Waals surface area contributed by atoms with E-state index < -0.39 is 5.60 Å². The molecule has 1 aromatic heterocycles. The van der Waals surface area contributed by atoms with E-state index >= 15 is 0 Å². The van der Waals surface area contributed by atoms with Gasteiger partial charge in [0.1, 0.15) is 11.4 Å². The number of ether oxygens (including phenoxy) is 3. The summed E-state index contributed by atoms with van der Waals surface area (Å²) in [6.07, 6.45) is -0.311. The molecule has 0 aromatic carbocycles.